The number of nitrogens with zero attached hydrogens (tertiary/aromatic N) is 2. The zero-order chi connectivity index (χ0) is 13.4. The SMILES string of the molecule is C=CCNc1nc2sc3c(c2c(=O)n1C)CCCC3. The Bertz CT molecular complexity index is 699. The molecule has 2 heterocycles. The van der Waals surface area contributed by atoms with Crippen molar-refractivity contribution in [2.75, 3.05) is 11.9 Å². The summed E-state index contributed by atoms with van der Waals surface area (Å²) >= 11 is 1.68. The van der Waals surface area contributed by atoms with Gasteiger partial charge in [0.2, 0.25) is 5.95 Å². The molecule has 0 saturated carbocycles. The molecule has 0 spiro atoms. The molecule has 0 saturated heterocycles. The molecular weight excluding hydrogens is 258 g/mol. The molecule has 0 unspecified atom stereocenters. The number of anilines is 1. The standard InChI is InChI=1S/C14H17N3OS/c1-3-8-15-14-16-12-11(13(18)17(14)2)9-6-4-5-7-10(9)19-12/h3H,1,4-8H2,2H3,(H,15,16). The van der Waals surface area contributed by atoms with E-state index in [1.54, 1.807) is 29.0 Å². The molecule has 1 aliphatic carbocycles. The van der Waals surface area contributed by atoms with Crippen LogP contribution in [0.5, 0.6) is 0 Å². The number of hydrogen-bond acceptors (Lipinski definition) is 4. The van der Waals surface area contributed by atoms with Crippen molar-refractivity contribution in [1.29, 1.82) is 0 Å². The monoisotopic (exact) mass is 275 g/mol. The van der Waals surface area contributed by atoms with Crippen LogP contribution in [0, 0.1) is 0 Å². The first-order chi connectivity index (χ1) is 9.22. The average Bonchev–Trinajstić information content (AvgIpc) is 2.79. The summed E-state index contributed by atoms with van der Waals surface area (Å²) in [6, 6.07) is 0. The number of aromatic nitrogens is 2. The van der Waals surface area contributed by atoms with Gasteiger partial charge < -0.3 is 5.32 Å². The van der Waals surface area contributed by atoms with E-state index in [0.717, 1.165) is 23.1 Å². The number of fused-ring (bicyclic) bond motifs is 3. The van der Waals surface area contributed by atoms with Crippen molar-refractivity contribution in [1.82, 2.24) is 9.55 Å². The largest absolute Gasteiger partial charge is 0.352 e. The van der Waals surface area contributed by atoms with Crippen molar-refractivity contribution >= 4 is 27.5 Å². The van der Waals surface area contributed by atoms with Crippen molar-refractivity contribution in [2.45, 2.75) is 25.7 Å². The van der Waals surface area contributed by atoms with Gasteiger partial charge in [-0.3, -0.25) is 9.36 Å². The fourth-order valence-corrected chi connectivity index (χ4v) is 3.86. The molecule has 4 nitrogen and oxygen atoms in total. The van der Waals surface area contributed by atoms with Crippen LogP contribution in [0.1, 0.15) is 23.3 Å². The molecule has 19 heavy (non-hydrogen) atoms. The van der Waals surface area contributed by atoms with Gasteiger partial charge in [-0.15, -0.1) is 17.9 Å². The van der Waals surface area contributed by atoms with Gasteiger partial charge in [-0.1, -0.05) is 6.08 Å². The van der Waals surface area contributed by atoms with Crippen LogP contribution in [0.2, 0.25) is 0 Å². The van der Waals surface area contributed by atoms with Crippen LogP contribution in [0.25, 0.3) is 10.2 Å². The van der Waals surface area contributed by atoms with Crippen molar-refractivity contribution in [3.63, 3.8) is 0 Å². The second-order valence-electron chi connectivity index (χ2n) is 4.86. The summed E-state index contributed by atoms with van der Waals surface area (Å²) in [5, 5.41) is 3.96. The third-order valence-electron chi connectivity index (χ3n) is 3.60. The predicted octanol–water partition coefficient (Wildman–Crippen LogP) is 2.47. The number of thiophene rings is 1. The lowest BCUT2D eigenvalue weighted by Crippen LogP contribution is -2.22. The van der Waals surface area contributed by atoms with Crippen LogP contribution in [0.4, 0.5) is 5.95 Å². The molecule has 0 amide bonds. The summed E-state index contributed by atoms with van der Waals surface area (Å²) in [6.07, 6.45) is 6.27. The zero-order valence-corrected chi connectivity index (χ0v) is 11.8. The molecule has 1 aliphatic rings. The van der Waals surface area contributed by atoms with Gasteiger partial charge in [-0.25, -0.2) is 4.98 Å². The van der Waals surface area contributed by atoms with Gasteiger partial charge in [0.25, 0.3) is 5.56 Å². The Morgan fingerprint density at radius 1 is 1.47 bits per heavy atom. The lowest BCUT2D eigenvalue weighted by Gasteiger charge is -2.11. The van der Waals surface area contributed by atoms with Gasteiger partial charge in [0.15, 0.2) is 0 Å². The topological polar surface area (TPSA) is 46.9 Å². The molecular formula is C14H17N3OS. The fraction of sp³-hybridized carbons (Fsp3) is 0.429. The third-order valence-corrected chi connectivity index (χ3v) is 4.79. The second-order valence-corrected chi connectivity index (χ2v) is 5.94. The highest BCUT2D eigenvalue weighted by Crippen LogP contribution is 2.34. The maximum atomic E-state index is 12.5. The van der Waals surface area contributed by atoms with Crippen LogP contribution in [-0.2, 0) is 19.9 Å². The number of nitrogens with one attached hydrogen (secondary N) is 1. The summed E-state index contributed by atoms with van der Waals surface area (Å²) in [5.74, 6) is 0.621. The first-order valence-electron chi connectivity index (χ1n) is 6.58. The van der Waals surface area contributed by atoms with Gasteiger partial charge in [-0.05, 0) is 31.2 Å². The first kappa shape index (κ1) is 12.4. The van der Waals surface area contributed by atoms with Crippen LogP contribution in [0.3, 0.4) is 0 Å². The van der Waals surface area contributed by atoms with Crippen molar-refractivity contribution in [3.8, 4) is 0 Å². The van der Waals surface area contributed by atoms with Crippen LogP contribution >= 0.6 is 11.3 Å². The Morgan fingerprint density at radius 2 is 2.26 bits per heavy atom. The van der Waals surface area contributed by atoms with E-state index in [-0.39, 0.29) is 5.56 Å². The first-order valence-corrected chi connectivity index (χ1v) is 7.40. The molecule has 0 fully saturated rings. The molecule has 0 aliphatic heterocycles. The second kappa shape index (κ2) is 4.81. The number of aryl methyl sites for hydroxylation is 2. The molecule has 0 bridgehead atoms. The quantitative estimate of drug-likeness (QED) is 0.875. The van der Waals surface area contributed by atoms with Crippen molar-refractivity contribution in [2.24, 2.45) is 7.05 Å². The van der Waals surface area contributed by atoms with Gasteiger partial charge in [0, 0.05) is 18.5 Å². The van der Waals surface area contributed by atoms with Gasteiger partial charge in [0.05, 0.1) is 5.39 Å². The Labute approximate surface area is 115 Å². The van der Waals surface area contributed by atoms with Crippen LogP contribution < -0.4 is 10.9 Å². The van der Waals surface area contributed by atoms with E-state index >= 15 is 0 Å². The molecule has 0 radical (unpaired) electrons. The summed E-state index contributed by atoms with van der Waals surface area (Å²) in [6.45, 7) is 4.28. The molecule has 1 N–H and O–H groups in total. The molecule has 5 heteroatoms. The van der Waals surface area contributed by atoms with Crippen LogP contribution in [0.15, 0.2) is 17.4 Å². The maximum Gasteiger partial charge on any atom is 0.263 e. The van der Waals surface area contributed by atoms with E-state index in [0.29, 0.717) is 12.5 Å². The van der Waals surface area contributed by atoms with Crippen molar-refractivity contribution < 1.29 is 0 Å². The van der Waals surface area contributed by atoms with E-state index < -0.39 is 0 Å². The minimum Gasteiger partial charge on any atom is -0.352 e. The Morgan fingerprint density at radius 3 is 3.05 bits per heavy atom. The normalized spacial score (nSPS) is 14.4. The fourth-order valence-electron chi connectivity index (χ4n) is 2.61. The summed E-state index contributed by atoms with van der Waals surface area (Å²) in [4.78, 5) is 19.3. The van der Waals surface area contributed by atoms with E-state index in [4.69, 9.17) is 0 Å². The number of rotatable bonds is 3. The zero-order valence-electron chi connectivity index (χ0n) is 11.0. The minimum atomic E-state index is 0.0657. The lowest BCUT2D eigenvalue weighted by molar-refractivity contribution is 0.699. The highest BCUT2D eigenvalue weighted by atomic mass is 32.1. The van der Waals surface area contributed by atoms with Gasteiger partial charge in [0.1, 0.15) is 4.83 Å². The van der Waals surface area contributed by atoms with Gasteiger partial charge >= 0.3 is 0 Å². The van der Waals surface area contributed by atoms with Gasteiger partial charge in [-0.2, -0.15) is 0 Å². The summed E-state index contributed by atoms with van der Waals surface area (Å²) < 4.78 is 1.60. The lowest BCUT2D eigenvalue weighted by atomic mass is 9.97. The average molecular weight is 275 g/mol. The highest BCUT2D eigenvalue weighted by molar-refractivity contribution is 7.18. The molecule has 0 atom stereocenters. The van der Waals surface area contributed by atoms with E-state index in [1.165, 1.54) is 23.3 Å². The molecule has 100 valence electrons. The van der Waals surface area contributed by atoms with E-state index in [2.05, 4.69) is 16.9 Å². The Hall–Kier alpha value is -1.62. The van der Waals surface area contributed by atoms with E-state index in [1.807, 2.05) is 0 Å². The molecule has 2 aromatic heterocycles. The van der Waals surface area contributed by atoms with Crippen LogP contribution in [-0.4, -0.2) is 16.1 Å². The summed E-state index contributed by atoms with van der Waals surface area (Å²) in [5.41, 5.74) is 1.31. The number of hydrogen-bond donors (Lipinski definition) is 1. The Balaban J connectivity index is 2.22. The highest BCUT2D eigenvalue weighted by Gasteiger charge is 2.20. The van der Waals surface area contributed by atoms with Crippen molar-refractivity contribution in [3.05, 3.63) is 33.4 Å². The third kappa shape index (κ3) is 1.98. The smallest absolute Gasteiger partial charge is 0.263 e. The summed E-state index contributed by atoms with van der Waals surface area (Å²) in [7, 11) is 1.77. The molecule has 2 aromatic rings. The minimum absolute atomic E-state index is 0.0657. The molecule has 3 rings (SSSR count). The predicted molar refractivity (Wildman–Crippen MR) is 80.2 cm³/mol. The maximum absolute atomic E-state index is 12.5. The Kier molecular flexibility index (Phi) is 3.14. The van der Waals surface area contributed by atoms with E-state index in [9.17, 15) is 4.79 Å². The molecule has 0 aromatic carbocycles.